The Morgan fingerprint density at radius 3 is 2.75 bits per heavy atom. The third-order valence-corrected chi connectivity index (χ3v) is 4.23. The van der Waals surface area contributed by atoms with Crippen molar-refractivity contribution in [3.63, 3.8) is 0 Å². The molecule has 2 aromatic heterocycles. The zero-order chi connectivity index (χ0) is 16.8. The number of benzene rings is 1. The van der Waals surface area contributed by atoms with Crippen molar-refractivity contribution in [2.24, 2.45) is 0 Å². The minimum atomic E-state index is -0.124. The van der Waals surface area contributed by atoms with Crippen LogP contribution in [0.1, 0.15) is 11.3 Å². The van der Waals surface area contributed by atoms with E-state index >= 15 is 0 Å². The van der Waals surface area contributed by atoms with Crippen molar-refractivity contribution in [1.29, 1.82) is 0 Å². The maximum absolute atomic E-state index is 12.1. The van der Waals surface area contributed by atoms with E-state index in [4.69, 9.17) is 5.11 Å². The second-order valence-corrected chi connectivity index (χ2v) is 5.99. The molecule has 0 bridgehead atoms. The average Bonchev–Trinajstić information content (AvgIpc) is 3.06. The van der Waals surface area contributed by atoms with Crippen molar-refractivity contribution in [1.82, 2.24) is 15.0 Å². The Balaban J connectivity index is 1.60. The predicted molar refractivity (Wildman–Crippen MR) is 92.7 cm³/mol. The summed E-state index contributed by atoms with van der Waals surface area (Å²) in [6.07, 6.45) is 5.69. The van der Waals surface area contributed by atoms with Crippen molar-refractivity contribution >= 4 is 22.9 Å². The van der Waals surface area contributed by atoms with Crippen LogP contribution in [-0.2, 0) is 17.6 Å². The standard InChI is InChI=1S/C17H16N4O2S/c22-8-5-12-1-3-13(4-2-12)20-16(23)9-14-11-24-17(21-14)15-10-18-6-7-19-15/h1-4,6-7,10-11,22H,5,8-9H2,(H,20,23). The largest absolute Gasteiger partial charge is 0.396 e. The first-order valence-electron chi connectivity index (χ1n) is 7.45. The molecule has 7 heteroatoms. The highest BCUT2D eigenvalue weighted by Crippen LogP contribution is 2.21. The zero-order valence-corrected chi connectivity index (χ0v) is 13.7. The maximum Gasteiger partial charge on any atom is 0.230 e. The number of aliphatic hydroxyl groups is 1. The molecule has 0 saturated carbocycles. The van der Waals surface area contributed by atoms with E-state index in [0.29, 0.717) is 17.8 Å². The lowest BCUT2D eigenvalue weighted by Crippen LogP contribution is -2.14. The van der Waals surface area contributed by atoms with E-state index in [1.54, 1.807) is 18.6 Å². The molecule has 3 rings (SSSR count). The van der Waals surface area contributed by atoms with Crippen molar-refractivity contribution in [3.05, 3.63) is 59.5 Å². The molecule has 0 aliphatic carbocycles. The van der Waals surface area contributed by atoms with Crippen molar-refractivity contribution in [2.75, 3.05) is 11.9 Å². The van der Waals surface area contributed by atoms with Gasteiger partial charge in [0.2, 0.25) is 5.91 Å². The topological polar surface area (TPSA) is 88.0 Å². The maximum atomic E-state index is 12.1. The van der Waals surface area contributed by atoms with Crippen LogP contribution in [0, 0.1) is 0 Å². The molecule has 1 aromatic carbocycles. The number of aliphatic hydroxyl groups excluding tert-OH is 1. The van der Waals surface area contributed by atoms with E-state index in [1.807, 2.05) is 29.6 Å². The third kappa shape index (κ3) is 4.21. The van der Waals surface area contributed by atoms with Gasteiger partial charge in [-0.2, -0.15) is 0 Å². The van der Waals surface area contributed by atoms with E-state index in [2.05, 4.69) is 20.3 Å². The van der Waals surface area contributed by atoms with Gasteiger partial charge >= 0.3 is 0 Å². The molecule has 0 fully saturated rings. The highest BCUT2D eigenvalue weighted by atomic mass is 32.1. The Morgan fingerprint density at radius 1 is 1.21 bits per heavy atom. The van der Waals surface area contributed by atoms with Crippen LogP contribution in [0.5, 0.6) is 0 Å². The van der Waals surface area contributed by atoms with Crippen LogP contribution in [0.2, 0.25) is 0 Å². The van der Waals surface area contributed by atoms with Crippen molar-refractivity contribution < 1.29 is 9.90 Å². The second kappa shape index (κ2) is 7.76. The Morgan fingerprint density at radius 2 is 2.04 bits per heavy atom. The molecule has 122 valence electrons. The molecule has 0 spiro atoms. The number of amides is 1. The van der Waals surface area contributed by atoms with Gasteiger partial charge in [0.1, 0.15) is 10.7 Å². The number of carbonyl (C=O) groups excluding carboxylic acids is 1. The number of rotatable bonds is 6. The predicted octanol–water partition coefficient (Wildman–Crippen LogP) is 2.32. The monoisotopic (exact) mass is 340 g/mol. The van der Waals surface area contributed by atoms with Gasteiger partial charge in [-0.1, -0.05) is 12.1 Å². The first-order chi connectivity index (χ1) is 11.7. The van der Waals surface area contributed by atoms with E-state index < -0.39 is 0 Å². The van der Waals surface area contributed by atoms with Crippen LogP contribution in [0.4, 0.5) is 5.69 Å². The molecule has 1 amide bonds. The number of nitrogens with one attached hydrogen (secondary N) is 1. The van der Waals surface area contributed by atoms with Gasteiger partial charge in [-0.05, 0) is 24.1 Å². The van der Waals surface area contributed by atoms with Gasteiger partial charge in [0, 0.05) is 30.1 Å². The molecule has 2 heterocycles. The van der Waals surface area contributed by atoms with Crippen LogP contribution < -0.4 is 5.32 Å². The second-order valence-electron chi connectivity index (χ2n) is 5.13. The summed E-state index contributed by atoms with van der Waals surface area (Å²) in [7, 11) is 0. The lowest BCUT2D eigenvalue weighted by Gasteiger charge is -2.05. The average molecular weight is 340 g/mol. The molecule has 24 heavy (non-hydrogen) atoms. The summed E-state index contributed by atoms with van der Waals surface area (Å²) in [5, 5.41) is 14.3. The van der Waals surface area contributed by atoms with Gasteiger partial charge in [0.15, 0.2) is 0 Å². The number of carbonyl (C=O) groups is 1. The molecule has 6 nitrogen and oxygen atoms in total. The fraction of sp³-hybridized carbons (Fsp3) is 0.176. The molecule has 2 N–H and O–H groups in total. The highest BCUT2D eigenvalue weighted by molar-refractivity contribution is 7.13. The van der Waals surface area contributed by atoms with Gasteiger partial charge in [0.05, 0.1) is 18.3 Å². The summed E-state index contributed by atoms with van der Waals surface area (Å²) in [5.74, 6) is -0.124. The van der Waals surface area contributed by atoms with Crippen molar-refractivity contribution in [2.45, 2.75) is 12.8 Å². The molecule has 0 aliphatic heterocycles. The van der Waals surface area contributed by atoms with E-state index in [1.165, 1.54) is 11.3 Å². The molecule has 0 radical (unpaired) electrons. The minimum Gasteiger partial charge on any atom is -0.396 e. The van der Waals surface area contributed by atoms with Gasteiger partial charge in [-0.15, -0.1) is 11.3 Å². The Bertz CT molecular complexity index is 803. The zero-order valence-electron chi connectivity index (χ0n) is 12.8. The molecule has 0 unspecified atom stereocenters. The Kier molecular flexibility index (Phi) is 5.25. The molecule has 0 saturated heterocycles. The quantitative estimate of drug-likeness (QED) is 0.719. The van der Waals surface area contributed by atoms with Crippen LogP contribution >= 0.6 is 11.3 Å². The number of hydrogen-bond donors (Lipinski definition) is 2. The molecule has 0 aliphatic rings. The summed E-state index contributed by atoms with van der Waals surface area (Å²) in [6.45, 7) is 0.115. The van der Waals surface area contributed by atoms with Gasteiger partial charge < -0.3 is 10.4 Å². The van der Waals surface area contributed by atoms with Crippen LogP contribution in [0.15, 0.2) is 48.2 Å². The SMILES string of the molecule is O=C(Cc1csc(-c2cnccn2)n1)Nc1ccc(CCO)cc1. The summed E-state index contributed by atoms with van der Waals surface area (Å²) >= 11 is 1.44. The van der Waals surface area contributed by atoms with Gasteiger partial charge in [-0.3, -0.25) is 14.8 Å². The number of anilines is 1. The lowest BCUT2D eigenvalue weighted by atomic mass is 10.1. The van der Waals surface area contributed by atoms with E-state index in [-0.39, 0.29) is 18.9 Å². The number of aromatic nitrogens is 3. The van der Waals surface area contributed by atoms with E-state index in [9.17, 15) is 4.79 Å². The smallest absolute Gasteiger partial charge is 0.230 e. The number of hydrogen-bond acceptors (Lipinski definition) is 6. The van der Waals surface area contributed by atoms with Gasteiger partial charge in [-0.25, -0.2) is 4.98 Å². The summed E-state index contributed by atoms with van der Waals surface area (Å²) in [4.78, 5) is 24.8. The number of nitrogens with zero attached hydrogens (tertiary/aromatic N) is 3. The first kappa shape index (κ1) is 16.2. The Labute approximate surface area is 143 Å². The van der Waals surface area contributed by atoms with Crippen molar-refractivity contribution in [3.8, 4) is 10.7 Å². The normalized spacial score (nSPS) is 10.5. The highest BCUT2D eigenvalue weighted by Gasteiger charge is 2.10. The van der Waals surface area contributed by atoms with Crippen LogP contribution in [-0.4, -0.2) is 32.6 Å². The summed E-state index contributed by atoms with van der Waals surface area (Å²) < 4.78 is 0. The summed E-state index contributed by atoms with van der Waals surface area (Å²) in [5.41, 5.74) is 3.17. The van der Waals surface area contributed by atoms with Crippen LogP contribution in [0.25, 0.3) is 10.7 Å². The molecular weight excluding hydrogens is 324 g/mol. The third-order valence-electron chi connectivity index (χ3n) is 3.31. The molecular formula is C17H16N4O2S. The molecule has 3 aromatic rings. The number of thiazole rings is 1. The Hall–Kier alpha value is -2.64. The van der Waals surface area contributed by atoms with Gasteiger partial charge in [0.25, 0.3) is 0 Å². The first-order valence-corrected chi connectivity index (χ1v) is 8.33. The fourth-order valence-electron chi connectivity index (χ4n) is 2.17. The van der Waals surface area contributed by atoms with Crippen LogP contribution in [0.3, 0.4) is 0 Å². The lowest BCUT2D eigenvalue weighted by molar-refractivity contribution is -0.115. The fourth-order valence-corrected chi connectivity index (χ4v) is 2.95. The molecule has 0 atom stereocenters. The minimum absolute atomic E-state index is 0.115. The summed E-state index contributed by atoms with van der Waals surface area (Å²) in [6, 6.07) is 7.44. The van der Waals surface area contributed by atoms with E-state index in [0.717, 1.165) is 16.3 Å².